The number of rotatable bonds is 4. The SMILES string of the molecule is CCN(CC(F)(F)F)C(=O)c1ccnc(NN)c1F. The van der Waals surface area contributed by atoms with Crippen LogP contribution < -0.4 is 11.3 Å². The van der Waals surface area contributed by atoms with Gasteiger partial charge in [0.2, 0.25) is 0 Å². The molecule has 9 heteroatoms. The van der Waals surface area contributed by atoms with Crippen molar-refractivity contribution in [2.75, 3.05) is 18.5 Å². The number of pyridine rings is 1. The lowest BCUT2D eigenvalue weighted by Crippen LogP contribution is -2.39. The van der Waals surface area contributed by atoms with Gasteiger partial charge in [0.25, 0.3) is 5.91 Å². The first-order valence-corrected chi connectivity index (χ1v) is 5.27. The number of hydrogen-bond donors (Lipinski definition) is 2. The fraction of sp³-hybridized carbons (Fsp3) is 0.400. The average molecular weight is 280 g/mol. The lowest BCUT2D eigenvalue weighted by molar-refractivity contribution is -0.140. The van der Waals surface area contributed by atoms with Crippen LogP contribution in [0.25, 0.3) is 0 Å². The van der Waals surface area contributed by atoms with Crippen molar-refractivity contribution in [2.45, 2.75) is 13.1 Å². The highest BCUT2D eigenvalue weighted by atomic mass is 19.4. The molecule has 0 saturated heterocycles. The van der Waals surface area contributed by atoms with Gasteiger partial charge in [-0.1, -0.05) is 0 Å². The zero-order valence-electron chi connectivity index (χ0n) is 9.96. The molecule has 0 aliphatic heterocycles. The molecule has 1 amide bonds. The summed E-state index contributed by atoms with van der Waals surface area (Å²) in [5, 5.41) is 0. The molecule has 0 atom stereocenters. The van der Waals surface area contributed by atoms with Gasteiger partial charge in [0.05, 0.1) is 5.56 Å². The van der Waals surface area contributed by atoms with E-state index >= 15 is 0 Å². The summed E-state index contributed by atoms with van der Waals surface area (Å²) >= 11 is 0. The molecular formula is C10H12F4N4O. The molecule has 0 aliphatic carbocycles. The number of nitrogens with zero attached hydrogens (tertiary/aromatic N) is 2. The number of nitrogens with two attached hydrogens (primary N) is 1. The molecule has 1 heterocycles. The van der Waals surface area contributed by atoms with E-state index in [2.05, 4.69) is 4.98 Å². The quantitative estimate of drug-likeness (QED) is 0.498. The maximum absolute atomic E-state index is 13.7. The number of amides is 1. The molecule has 0 aliphatic rings. The largest absolute Gasteiger partial charge is 0.406 e. The number of hydrazine groups is 1. The van der Waals surface area contributed by atoms with Crippen LogP contribution >= 0.6 is 0 Å². The summed E-state index contributed by atoms with van der Waals surface area (Å²) in [6.07, 6.45) is -3.48. The first kappa shape index (κ1) is 15.2. The van der Waals surface area contributed by atoms with Crippen LogP contribution in [0.2, 0.25) is 0 Å². The molecule has 0 unspecified atom stereocenters. The summed E-state index contributed by atoms with van der Waals surface area (Å²) in [5.74, 6) is 2.40. The second-order valence-electron chi connectivity index (χ2n) is 3.60. The minimum absolute atomic E-state index is 0.203. The van der Waals surface area contributed by atoms with E-state index in [0.29, 0.717) is 4.90 Å². The summed E-state index contributed by atoms with van der Waals surface area (Å²) in [6, 6.07) is 0.998. The zero-order chi connectivity index (χ0) is 14.6. The van der Waals surface area contributed by atoms with Gasteiger partial charge in [-0.3, -0.25) is 4.79 Å². The molecule has 1 aromatic rings. The van der Waals surface area contributed by atoms with Gasteiger partial charge in [0.15, 0.2) is 11.6 Å². The van der Waals surface area contributed by atoms with Crippen molar-refractivity contribution < 1.29 is 22.4 Å². The van der Waals surface area contributed by atoms with Crippen LogP contribution in [-0.2, 0) is 0 Å². The maximum Gasteiger partial charge on any atom is 0.406 e. The molecule has 0 spiro atoms. The number of hydrogen-bond acceptors (Lipinski definition) is 4. The third kappa shape index (κ3) is 3.78. The predicted molar refractivity (Wildman–Crippen MR) is 59.6 cm³/mol. The lowest BCUT2D eigenvalue weighted by atomic mass is 10.2. The van der Waals surface area contributed by atoms with Crippen molar-refractivity contribution in [1.29, 1.82) is 0 Å². The molecule has 1 aromatic heterocycles. The van der Waals surface area contributed by atoms with Crippen molar-refractivity contribution in [1.82, 2.24) is 9.88 Å². The van der Waals surface area contributed by atoms with E-state index in [9.17, 15) is 22.4 Å². The van der Waals surface area contributed by atoms with Gasteiger partial charge in [-0.15, -0.1) is 0 Å². The molecule has 19 heavy (non-hydrogen) atoms. The highest BCUT2D eigenvalue weighted by Crippen LogP contribution is 2.20. The predicted octanol–water partition coefficient (Wildman–Crippen LogP) is 1.53. The topological polar surface area (TPSA) is 71.2 Å². The summed E-state index contributed by atoms with van der Waals surface area (Å²) in [7, 11) is 0. The van der Waals surface area contributed by atoms with E-state index in [-0.39, 0.29) is 6.54 Å². The van der Waals surface area contributed by atoms with Crippen molar-refractivity contribution >= 4 is 11.7 Å². The Hall–Kier alpha value is -1.90. The summed E-state index contributed by atoms with van der Waals surface area (Å²) in [6.45, 7) is -0.286. The standard InChI is InChI=1S/C10H12F4N4O/c1-2-18(5-10(12,13)14)9(19)6-3-4-16-8(17-15)7(6)11/h3-4H,2,5,15H2,1H3,(H,16,17). The van der Waals surface area contributed by atoms with E-state index in [1.807, 2.05) is 5.43 Å². The monoisotopic (exact) mass is 280 g/mol. The molecule has 0 saturated carbocycles. The van der Waals surface area contributed by atoms with E-state index in [1.54, 1.807) is 0 Å². The Morgan fingerprint density at radius 1 is 1.53 bits per heavy atom. The summed E-state index contributed by atoms with van der Waals surface area (Å²) < 4.78 is 50.6. The number of nitrogens with one attached hydrogen (secondary N) is 1. The number of aromatic nitrogens is 1. The number of carbonyl (C=O) groups is 1. The molecular weight excluding hydrogens is 268 g/mol. The second kappa shape index (κ2) is 5.83. The van der Waals surface area contributed by atoms with Crippen LogP contribution in [0.5, 0.6) is 0 Å². The molecule has 0 bridgehead atoms. The van der Waals surface area contributed by atoms with Crippen molar-refractivity contribution in [3.8, 4) is 0 Å². The first-order chi connectivity index (χ1) is 8.80. The van der Waals surface area contributed by atoms with E-state index in [4.69, 9.17) is 5.84 Å². The molecule has 106 valence electrons. The van der Waals surface area contributed by atoms with Crippen LogP contribution in [0.1, 0.15) is 17.3 Å². The first-order valence-electron chi connectivity index (χ1n) is 5.27. The molecule has 5 nitrogen and oxygen atoms in total. The number of alkyl halides is 3. The highest BCUT2D eigenvalue weighted by Gasteiger charge is 2.33. The number of nitrogen functional groups attached to an aromatic ring is 1. The van der Waals surface area contributed by atoms with Crippen LogP contribution in [-0.4, -0.2) is 35.1 Å². The van der Waals surface area contributed by atoms with Gasteiger partial charge in [0, 0.05) is 12.7 Å². The average Bonchev–Trinajstić information content (AvgIpc) is 2.34. The molecule has 0 aromatic carbocycles. The van der Waals surface area contributed by atoms with Crippen molar-refractivity contribution in [2.24, 2.45) is 5.84 Å². The van der Waals surface area contributed by atoms with Gasteiger partial charge in [-0.05, 0) is 13.0 Å². The van der Waals surface area contributed by atoms with Crippen LogP contribution in [0, 0.1) is 5.82 Å². The summed E-state index contributed by atoms with van der Waals surface area (Å²) in [5.41, 5.74) is 1.40. The Morgan fingerprint density at radius 2 is 2.16 bits per heavy atom. The summed E-state index contributed by atoms with van der Waals surface area (Å²) in [4.78, 5) is 15.8. The van der Waals surface area contributed by atoms with Crippen LogP contribution in [0.3, 0.4) is 0 Å². The fourth-order valence-corrected chi connectivity index (χ4v) is 1.42. The second-order valence-corrected chi connectivity index (χ2v) is 3.60. The van der Waals surface area contributed by atoms with Gasteiger partial charge >= 0.3 is 6.18 Å². The van der Waals surface area contributed by atoms with E-state index in [0.717, 1.165) is 12.3 Å². The van der Waals surface area contributed by atoms with Gasteiger partial charge in [-0.25, -0.2) is 15.2 Å². The Labute approximate surface area is 106 Å². The van der Waals surface area contributed by atoms with Crippen LogP contribution in [0.4, 0.5) is 23.4 Å². The smallest absolute Gasteiger partial charge is 0.330 e. The maximum atomic E-state index is 13.7. The van der Waals surface area contributed by atoms with E-state index in [1.165, 1.54) is 6.92 Å². The minimum Gasteiger partial charge on any atom is -0.330 e. The van der Waals surface area contributed by atoms with Crippen molar-refractivity contribution in [3.05, 3.63) is 23.6 Å². The third-order valence-corrected chi connectivity index (χ3v) is 2.30. The molecule has 0 radical (unpaired) electrons. The normalized spacial score (nSPS) is 11.3. The Morgan fingerprint density at radius 3 is 2.63 bits per heavy atom. The fourth-order valence-electron chi connectivity index (χ4n) is 1.42. The van der Waals surface area contributed by atoms with Gasteiger partial charge in [-0.2, -0.15) is 13.2 Å². The Kier molecular flexibility index (Phi) is 4.65. The Balaban J connectivity index is 3.04. The number of halogens is 4. The van der Waals surface area contributed by atoms with Gasteiger partial charge in [0.1, 0.15) is 6.54 Å². The number of anilines is 1. The molecule has 1 rings (SSSR count). The van der Waals surface area contributed by atoms with Gasteiger partial charge < -0.3 is 10.3 Å². The highest BCUT2D eigenvalue weighted by molar-refractivity contribution is 5.95. The van der Waals surface area contributed by atoms with E-state index < -0.39 is 35.8 Å². The number of carbonyl (C=O) groups excluding carboxylic acids is 1. The van der Waals surface area contributed by atoms with Crippen LogP contribution in [0.15, 0.2) is 12.3 Å². The minimum atomic E-state index is -4.55. The molecule has 0 fully saturated rings. The van der Waals surface area contributed by atoms with Crippen molar-refractivity contribution in [3.63, 3.8) is 0 Å². The Bertz CT molecular complexity index is 463. The third-order valence-electron chi connectivity index (χ3n) is 2.30. The lowest BCUT2D eigenvalue weighted by Gasteiger charge is -2.22. The zero-order valence-corrected chi connectivity index (χ0v) is 9.96. The molecule has 3 N–H and O–H groups in total.